The summed E-state index contributed by atoms with van der Waals surface area (Å²) >= 11 is 5.88. The van der Waals surface area contributed by atoms with Crippen molar-refractivity contribution in [1.82, 2.24) is 14.5 Å². The molecule has 22 heavy (non-hydrogen) atoms. The number of nitrogens with one attached hydrogen (secondary N) is 1. The highest BCUT2D eigenvalue weighted by atomic mass is 35.5. The summed E-state index contributed by atoms with van der Waals surface area (Å²) in [5.74, 6) is 0.721. The molecule has 6 heteroatoms. The molecule has 5 nitrogen and oxygen atoms in total. The summed E-state index contributed by atoms with van der Waals surface area (Å²) in [6.07, 6.45) is 1.20. The highest BCUT2D eigenvalue weighted by molar-refractivity contribution is 6.30. The molecule has 0 radical (unpaired) electrons. The monoisotopic (exact) mass is 316 g/mol. The van der Waals surface area contributed by atoms with Gasteiger partial charge in [-0.25, -0.2) is 4.98 Å². The molecule has 0 amide bonds. The molecule has 0 aliphatic heterocycles. The van der Waals surface area contributed by atoms with Crippen molar-refractivity contribution in [2.45, 2.75) is 19.6 Å². The van der Waals surface area contributed by atoms with E-state index in [0.717, 1.165) is 22.7 Å². The van der Waals surface area contributed by atoms with Gasteiger partial charge >= 0.3 is 0 Å². The van der Waals surface area contributed by atoms with E-state index in [2.05, 4.69) is 15.3 Å². The third-order valence-corrected chi connectivity index (χ3v) is 3.54. The van der Waals surface area contributed by atoms with Crippen molar-refractivity contribution in [2.24, 2.45) is 0 Å². The number of aromatic nitrogens is 3. The zero-order chi connectivity index (χ0) is 15.5. The molecule has 2 N–H and O–H groups in total. The lowest BCUT2D eigenvalue weighted by atomic mass is 10.3. The summed E-state index contributed by atoms with van der Waals surface area (Å²) in [7, 11) is 0. The number of para-hydroxylation sites is 2. The normalized spacial score (nSPS) is 12.5. The van der Waals surface area contributed by atoms with Gasteiger partial charge in [0.15, 0.2) is 0 Å². The smallest absolute Gasteiger partial charge is 0.204 e. The van der Waals surface area contributed by atoms with Gasteiger partial charge in [0.1, 0.15) is 0 Å². The van der Waals surface area contributed by atoms with E-state index in [0.29, 0.717) is 18.1 Å². The zero-order valence-electron chi connectivity index (χ0n) is 12.2. The molecule has 114 valence electrons. The Hall–Kier alpha value is -2.11. The van der Waals surface area contributed by atoms with Crippen LogP contribution in [0.4, 0.5) is 5.95 Å². The van der Waals surface area contributed by atoms with Gasteiger partial charge < -0.3 is 15.0 Å². The SMILES string of the molecule is C[C@@H](O)CNc1nc2ccccc2n1Cc1ccc(Cl)cn1. The maximum atomic E-state index is 9.47. The minimum absolute atomic E-state index is 0.442. The van der Waals surface area contributed by atoms with Gasteiger partial charge in [-0.15, -0.1) is 0 Å². The van der Waals surface area contributed by atoms with Crippen LogP contribution in [0.5, 0.6) is 0 Å². The van der Waals surface area contributed by atoms with Crippen LogP contribution in [-0.4, -0.2) is 32.3 Å². The topological polar surface area (TPSA) is 63.0 Å². The van der Waals surface area contributed by atoms with E-state index < -0.39 is 6.10 Å². The van der Waals surface area contributed by atoms with Crippen molar-refractivity contribution in [3.8, 4) is 0 Å². The second-order valence-electron chi connectivity index (χ2n) is 5.21. The molecule has 3 aromatic rings. The Morgan fingerprint density at radius 2 is 2.09 bits per heavy atom. The molecule has 0 spiro atoms. The second-order valence-corrected chi connectivity index (χ2v) is 5.64. The van der Waals surface area contributed by atoms with E-state index in [1.54, 1.807) is 13.1 Å². The number of nitrogens with zero attached hydrogens (tertiary/aromatic N) is 3. The van der Waals surface area contributed by atoms with Crippen LogP contribution in [-0.2, 0) is 6.54 Å². The number of aliphatic hydroxyl groups is 1. The number of pyridine rings is 1. The van der Waals surface area contributed by atoms with Gasteiger partial charge in [0.2, 0.25) is 5.95 Å². The highest BCUT2D eigenvalue weighted by Gasteiger charge is 2.11. The molecule has 0 saturated carbocycles. The summed E-state index contributed by atoms with van der Waals surface area (Å²) < 4.78 is 2.05. The quantitative estimate of drug-likeness (QED) is 0.759. The molecular weight excluding hydrogens is 300 g/mol. The summed E-state index contributed by atoms with van der Waals surface area (Å²) in [6, 6.07) is 11.6. The van der Waals surface area contributed by atoms with Crippen LogP contribution in [0.15, 0.2) is 42.6 Å². The van der Waals surface area contributed by atoms with Crippen LogP contribution < -0.4 is 5.32 Å². The van der Waals surface area contributed by atoms with E-state index in [4.69, 9.17) is 11.6 Å². The van der Waals surface area contributed by atoms with Crippen LogP contribution in [0.25, 0.3) is 11.0 Å². The van der Waals surface area contributed by atoms with E-state index in [1.165, 1.54) is 0 Å². The number of rotatable bonds is 5. The third-order valence-electron chi connectivity index (χ3n) is 3.32. The summed E-state index contributed by atoms with van der Waals surface area (Å²) in [5.41, 5.74) is 2.82. The van der Waals surface area contributed by atoms with Gasteiger partial charge in [-0.2, -0.15) is 0 Å². The first-order valence-corrected chi connectivity index (χ1v) is 7.49. The van der Waals surface area contributed by atoms with Crippen molar-refractivity contribution >= 4 is 28.6 Å². The Labute approximate surface area is 133 Å². The predicted molar refractivity (Wildman–Crippen MR) is 88.3 cm³/mol. The number of fused-ring (bicyclic) bond motifs is 1. The molecule has 0 aliphatic rings. The van der Waals surface area contributed by atoms with Crippen molar-refractivity contribution < 1.29 is 5.11 Å². The molecule has 0 fully saturated rings. The molecule has 0 saturated heterocycles. The molecule has 2 aromatic heterocycles. The molecule has 2 heterocycles. The van der Waals surface area contributed by atoms with Crippen molar-refractivity contribution in [2.75, 3.05) is 11.9 Å². The van der Waals surface area contributed by atoms with Crippen LogP contribution in [0.3, 0.4) is 0 Å². The molecular formula is C16H17ClN4O. The Balaban J connectivity index is 1.97. The zero-order valence-corrected chi connectivity index (χ0v) is 13.0. The molecule has 0 aliphatic carbocycles. The standard InChI is InChI=1S/C16H17ClN4O/c1-11(22)8-19-16-20-14-4-2-3-5-15(14)21(16)10-13-7-6-12(17)9-18-13/h2-7,9,11,22H,8,10H2,1H3,(H,19,20)/t11-/m1/s1. The molecule has 1 aromatic carbocycles. The molecule has 3 rings (SSSR count). The second kappa shape index (κ2) is 6.34. The Bertz CT molecular complexity index is 767. The van der Waals surface area contributed by atoms with Gasteiger partial charge in [-0.3, -0.25) is 4.98 Å². The van der Waals surface area contributed by atoms with Gasteiger partial charge in [-0.1, -0.05) is 23.7 Å². The van der Waals surface area contributed by atoms with Crippen LogP contribution >= 0.6 is 11.6 Å². The van der Waals surface area contributed by atoms with E-state index in [1.807, 2.05) is 41.0 Å². The minimum Gasteiger partial charge on any atom is -0.392 e. The van der Waals surface area contributed by atoms with Gasteiger partial charge in [-0.05, 0) is 31.2 Å². The Morgan fingerprint density at radius 1 is 1.27 bits per heavy atom. The Morgan fingerprint density at radius 3 is 2.82 bits per heavy atom. The number of halogens is 1. The number of hydrogen-bond acceptors (Lipinski definition) is 4. The number of aliphatic hydroxyl groups excluding tert-OH is 1. The van der Waals surface area contributed by atoms with E-state index in [9.17, 15) is 5.11 Å². The number of hydrogen-bond donors (Lipinski definition) is 2. The average molecular weight is 317 g/mol. The first-order chi connectivity index (χ1) is 10.6. The molecule has 1 atom stereocenters. The van der Waals surface area contributed by atoms with Crippen molar-refractivity contribution in [1.29, 1.82) is 0 Å². The van der Waals surface area contributed by atoms with Gasteiger partial charge in [0.05, 0.1) is 34.4 Å². The lowest BCUT2D eigenvalue weighted by Gasteiger charge is -2.11. The fourth-order valence-electron chi connectivity index (χ4n) is 2.27. The summed E-state index contributed by atoms with van der Waals surface area (Å²) in [4.78, 5) is 8.92. The lowest BCUT2D eigenvalue weighted by Crippen LogP contribution is -2.18. The lowest BCUT2D eigenvalue weighted by molar-refractivity contribution is 0.208. The number of imidazole rings is 1. The maximum absolute atomic E-state index is 9.47. The van der Waals surface area contributed by atoms with E-state index >= 15 is 0 Å². The molecule has 0 unspecified atom stereocenters. The van der Waals surface area contributed by atoms with Crippen LogP contribution in [0.1, 0.15) is 12.6 Å². The number of benzene rings is 1. The summed E-state index contributed by atoms with van der Waals surface area (Å²) in [6.45, 7) is 2.76. The number of anilines is 1. The highest BCUT2D eigenvalue weighted by Crippen LogP contribution is 2.21. The van der Waals surface area contributed by atoms with Crippen molar-refractivity contribution in [3.05, 3.63) is 53.3 Å². The van der Waals surface area contributed by atoms with Crippen molar-refractivity contribution in [3.63, 3.8) is 0 Å². The average Bonchev–Trinajstić information content (AvgIpc) is 2.85. The fourth-order valence-corrected chi connectivity index (χ4v) is 2.38. The van der Waals surface area contributed by atoms with Crippen LogP contribution in [0, 0.1) is 0 Å². The molecule has 0 bridgehead atoms. The van der Waals surface area contributed by atoms with Crippen LogP contribution in [0.2, 0.25) is 5.02 Å². The summed E-state index contributed by atoms with van der Waals surface area (Å²) in [5, 5.41) is 13.3. The first kappa shape index (κ1) is 14.8. The minimum atomic E-state index is -0.443. The first-order valence-electron chi connectivity index (χ1n) is 7.11. The maximum Gasteiger partial charge on any atom is 0.204 e. The third kappa shape index (κ3) is 3.21. The van der Waals surface area contributed by atoms with Gasteiger partial charge in [0, 0.05) is 12.7 Å². The fraction of sp³-hybridized carbons (Fsp3) is 0.250. The predicted octanol–water partition coefficient (Wildman–Crippen LogP) is 2.93. The Kier molecular flexibility index (Phi) is 4.27. The largest absolute Gasteiger partial charge is 0.392 e. The van der Waals surface area contributed by atoms with Gasteiger partial charge in [0.25, 0.3) is 0 Å². The van der Waals surface area contributed by atoms with E-state index in [-0.39, 0.29) is 0 Å².